The Morgan fingerprint density at radius 1 is 1.32 bits per heavy atom. The van der Waals surface area contributed by atoms with E-state index >= 15 is 0 Å². The molecule has 3 rings (SSSR count). The van der Waals surface area contributed by atoms with Gasteiger partial charge in [-0.2, -0.15) is 0 Å². The number of aliphatic hydroxyl groups is 1. The molecule has 28 heavy (non-hydrogen) atoms. The Morgan fingerprint density at radius 3 is 2.89 bits per heavy atom. The minimum atomic E-state index is -0.395. The molecule has 2 aromatic rings. The number of rotatable bonds is 6. The number of methoxy groups -OCH3 is 1. The van der Waals surface area contributed by atoms with Gasteiger partial charge in [-0.1, -0.05) is 22.0 Å². The second kappa shape index (κ2) is 9.57. The number of carbonyl (C=O) groups is 1. The van der Waals surface area contributed by atoms with E-state index < -0.39 is 6.04 Å². The van der Waals surface area contributed by atoms with E-state index in [9.17, 15) is 9.90 Å². The summed E-state index contributed by atoms with van der Waals surface area (Å²) in [5.74, 6) is 0.299. The Labute approximate surface area is 171 Å². The molecule has 1 aromatic heterocycles. The van der Waals surface area contributed by atoms with Crippen LogP contribution in [0, 0.1) is 0 Å². The molecule has 2 heterocycles. The third-order valence-electron chi connectivity index (χ3n) is 4.23. The molecule has 0 saturated heterocycles. The molecule has 2 N–H and O–H groups in total. The second-order valence-corrected chi connectivity index (χ2v) is 7.05. The van der Waals surface area contributed by atoms with Gasteiger partial charge in [0, 0.05) is 29.2 Å². The number of aromatic nitrogens is 1. The van der Waals surface area contributed by atoms with E-state index in [1.807, 2.05) is 36.4 Å². The number of nitrogens with one attached hydrogen (secondary N) is 1. The van der Waals surface area contributed by atoms with Crippen LogP contribution in [0.5, 0.6) is 0 Å². The second-order valence-electron chi connectivity index (χ2n) is 6.13. The molecule has 1 atom stereocenters. The molecule has 0 spiro atoms. The zero-order valence-corrected chi connectivity index (χ0v) is 17.0. The number of aliphatic imine (C=N–C) groups is 2. The van der Waals surface area contributed by atoms with Crippen molar-refractivity contribution in [3.05, 3.63) is 58.3 Å². The van der Waals surface area contributed by atoms with Crippen molar-refractivity contribution >= 4 is 39.1 Å². The van der Waals surface area contributed by atoms with Crippen molar-refractivity contribution in [2.24, 2.45) is 9.98 Å². The van der Waals surface area contributed by atoms with Crippen LogP contribution in [0.15, 0.2) is 57.1 Å². The molecule has 1 aromatic carbocycles. The van der Waals surface area contributed by atoms with Gasteiger partial charge >= 0.3 is 5.97 Å². The molecule has 7 nitrogen and oxygen atoms in total. The Hall–Kier alpha value is -2.58. The number of aliphatic hydroxyl groups excluding tert-OH is 1. The van der Waals surface area contributed by atoms with Gasteiger partial charge in [0.2, 0.25) is 0 Å². The molecule has 0 fully saturated rings. The van der Waals surface area contributed by atoms with Gasteiger partial charge < -0.3 is 15.2 Å². The Balaban J connectivity index is 2.10. The fourth-order valence-corrected chi connectivity index (χ4v) is 3.25. The number of ether oxygens (including phenoxy) is 1. The van der Waals surface area contributed by atoms with Crippen LogP contribution in [0.2, 0.25) is 0 Å². The standard InChI is InChI=1S/C20H21BrN4O3/c1-28-18(27)8-7-17-20(23-10-11-26)25-15-6-5-13(21)12-14(15)19(24-17)16-4-2-3-9-22-16/h2-6,9,12,17,26H,7-8,10-11H2,1H3,(H,23,25)/t17-/m0/s1. The van der Waals surface area contributed by atoms with Gasteiger partial charge in [0.1, 0.15) is 11.9 Å². The topological polar surface area (TPSA) is 96.2 Å². The zero-order chi connectivity index (χ0) is 19.9. The molecule has 0 radical (unpaired) electrons. The van der Waals surface area contributed by atoms with Crippen LogP contribution >= 0.6 is 15.9 Å². The smallest absolute Gasteiger partial charge is 0.305 e. The average Bonchev–Trinajstić information content (AvgIpc) is 2.87. The fraction of sp³-hybridized carbons (Fsp3) is 0.300. The van der Waals surface area contributed by atoms with Crippen molar-refractivity contribution < 1.29 is 14.6 Å². The lowest BCUT2D eigenvalue weighted by Crippen LogP contribution is -2.36. The molecule has 0 unspecified atom stereocenters. The van der Waals surface area contributed by atoms with E-state index in [4.69, 9.17) is 14.7 Å². The van der Waals surface area contributed by atoms with Gasteiger partial charge in [0.15, 0.2) is 0 Å². The van der Waals surface area contributed by atoms with Crippen molar-refractivity contribution in [3.8, 4) is 0 Å². The summed E-state index contributed by atoms with van der Waals surface area (Å²) in [5, 5.41) is 12.4. The summed E-state index contributed by atoms with van der Waals surface area (Å²) >= 11 is 3.51. The maximum absolute atomic E-state index is 11.7. The lowest BCUT2D eigenvalue weighted by atomic mass is 10.0. The van der Waals surface area contributed by atoms with Crippen LogP contribution in [0.4, 0.5) is 5.69 Å². The van der Waals surface area contributed by atoms with Crippen molar-refractivity contribution in [1.82, 2.24) is 10.3 Å². The summed E-state index contributed by atoms with van der Waals surface area (Å²) in [7, 11) is 1.37. The van der Waals surface area contributed by atoms with Gasteiger partial charge in [0.25, 0.3) is 0 Å². The lowest BCUT2D eigenvalue weighted by Gasteiger charge is -2.16. The molecular weight excluding hydrogens is 424 g/mol. The van der Waals surface area contributed by atoms with E-state index in [1.165, 1.54) is 7.11 Å². The third kappa shape index (κ3) is 4.82. The number of esters is 1. The summed E-state index contributed by atoms with van der Waals surface area (Å²) in [4.78, 5) is 25.8. The van der Waals surface area contributed by atoms with Gasteiger partial charge in [-0.05, 0) is 36.8 Å². The van der Waals surface area contributed by atoms with E-state index in [2.05, 4.69) is 26.2 Å². The van der Waals surface area contributed by atoms with Crippen LogP contribution in [-0.4, -0.2) is 53.9 Å². The first-order valence-corrected chi connectivity index (χ1v) is 9.71. The largest absolute Gasteiger partial charge is 0.469 e. The van der Waals surface area contributed by atoms with Gasteiger partial charge in [-0.25, -0.2) is 4.99 Å². The Kier molecular flexibility index (Phi) is 6.89. The van der Waals surface area contributed by atoms with Crippen LogP contribution in [0.25, 0.3) is 0 Å². The van der Waals surface area contributed by atoms with Gasteiger partial charge in [-0.15, -0.1) is 0 Å². The van der Waals surface area contributed by atoms with Crippen LogP contribution < -0.4 is 5.32 Å². The molecule has 146 valence electrons. The molecule has 0 aliphatic carbocycles. The lowest BCUT2D eigenvalue weighted by molar-refractivity contribution is -0.140. The number of amidine groups is 1. The van der Waals surface area contributed by atoms with Crippen LogP contribution in [0.3, 0.4) is 0 Å². The number of benzene rings is 1. The quantitative estimate of drug-likeness (QED) is 0.667. The maximum Gasteiger partial charge on any atom is 0.305 e. The summed E-state index contributed by atoms with van der Waals surface area (Å²) in [6.07, 6.45) is 2.35. The van der Waals surface area contributed by atoms with Gasteiger partial charge in [0.05, 0.1) is 30.8 Å². The van der Waals surface area contributed by atoms with E-state index in [0.717, 1.165) is 21.4 Å². The first-order chi connectivity index (χ1) is 13.6. The highest BCUT2D eigenvalue weighted by molar-refractivity contribution is 9.10. The normalized spacial score (nSPS) is 15.8. The van der Waals surface area contributed by atoms with E-state index in [0.29, 0.717) is 24.5 Å². The number of nitrogens with zero attached hydrogens (tertiary/aromatic N) is 3. The van der Waals surface area contributed by atoms with Gasteiger partial charge in [-0.3, -0.25) is 14.8 Å². The highest BCUT2D eigenvalue weighted by Gasteiger charge is 2.25. The van der Waals surface area contributed by atoms with E-state index in [-0.39, 0.29) is 19.0 Å². The number of hydrogen-bond donors (Lipinski definition) is 2. The number of halogens is 1. The fourth-order valence-electron chi connectivity index (χ4n) is 2.89. The summed E-state index contributed by atoms with van der Waals surface area (Å²) < 4.78 is 5.68. The molecule has 0 saturated carbocycles. The SMILES string of the molecule is COC(=O)CC[C@@H]1N=C(c2ccccn2)c2cc(Br)ccc2N=C1NCCO. The number of hydrogen-bond acceptors (Lipinski definition) is 7. The van der Waals surface area contributed by atoms with E-state index in [1.54, 1.807) is 6.20 Å². The Bertz CT molecular complexity index is 900. The zero-order valence-electron chi connectivity index (χ0n) is 15.4. The molecule has 0 amide bonds. The molecular formula is C20H21BrN4O3. The van der Waals surface area contributed by atoms with Crippen LogP contribution in [-0.2, 0) is 9.53 Å². The highest BCUT2D eigenvalue weighted by Crippen LogP contribution is 2.29. The van der Waals surface area contributed by atoms with Crippen molar-refractivity contribution in [3.63, 3.8) is 0 Å². The number of pyridine rings is 1. The number of carbonyl (C=O) groups excluding carboxylic acids is 1. The monoisotopic (exact) mass is 444 g/mol. The summed E-state index contributed by atoms with van der Waals surface area (Å²) in [6, 6.07) is 11.0. The van der Waals surface area contributed by atoms with Crippen molar-refractivity contribution in [1.29, 1.82) is 0 Å². The average molecular weight is 445 g/mol. The number of fused-ring (bicyclic) bond motifs is 1. The van der Waals surface area contributed by atoms with Crippen molar-refractivity contribution in [2.75, 3.05) is 20.3 Å². The molecule has 0 bridgehead atoms. The maximum atomic E-state index is 11.7. The first-order valence-electron chi connectivity index (χ1n) is 8.91. The highest BCUT2D eigenvalue weighted by atomic mass is 79.9. The van der Waals surface area contributed by atoms with Crippen LogP contribution in [0.1, 0.15) is 24.1 Å². The molecule has 8 heteroatoms. The molecule has 1 aliphatic rings. The predicted molar refractivity (Wildman–Crippen MR) is 111 cm³/mol. The minimum absolute atomic E-state index is 0.0350. The van der Waals surface area contributed by atoms with Crippen molar-refractivity contribution in [2.45, 2.75) is 18.9 Å². The Morgan fingerprint density at radius 2 is 2.18 bits per heavy atom. The molecule has 1 aliphatic heterocycles. The minimum Gasteiger partial charge on any atom is -0.469 e. The predicted octanol–water partition coefficient (Wildman–Crippen LogP) is 2.63. The first kappa shape index (κ1) is 20.2. The third-order valence-corrected chi connectivity index (χ3v) is 4.72. The summed E-state index contributed by atoms with van der Waals surface area (Å²) in [5.41, 5.74) is 3.02. The summed E-state index contributed by atoms with van der Waals surface area (Å²) in [6.45, 7) is 0.306.